The van der Waals surface area contributed by atoms with Crippen molar-refractivity contribution in [1.29, 1.82) is 0 Å². The molecule has 0 aliphatic heterocycles. The number of pyridine rings is 1. The summed E-state index contributed by atoms with van der Waals surface area (Å²) < 4.78 is 0. The van der Waals surface area contributed by atoms with Crippen LogP contribution >= 0.6 is 0 Å². The van der Waals surface area contributed by atoms with E-state index < -0.39 is 0 Å². The van der Waals surface area contributed by atoms with E-state index in [-0.39, 0.29) is 11.3 Å². The molecule has 47 heavy (non-hydrogen) atoms. The molecule has 4 aliphatic carbocycles. The van der Waals surface area contributed by atoms with E-state index in [1.54, 1.807) is 0 Å². The number of aromatic nitrogens is 4. The summed E-state index contributed by atoms with van der Waals surface area (Å²) in [6, 6.07) is 39.9. The number of nitrogens with zero attached hydrogens (tertiary/aromatic N) is 4. The zero-order valence-electron chi connectivity index (χ0n) is 26.2. The lowest BCUT2D eigenvalue weighted by Gasteiger charge is -2.39. The molecule has 0 saturated heterocycles. The second-order valence-electron chi connectivity index (χ2n) is 13.6. The van der Waals surface area contributed by atoms with E-state index in [4.69, 9.17) is 15.0 Å². The fourth-order valence-electron chi connectivity index (χ4n) is 9.51. The SMILES string of the molecule is C1=CC(c2nc(-c3ccccc3)nc(-c3cccc4c3[C@H]3CCCCC3C43c4ccccc4-c4ccccc43)n2)Cc2cccnc21. The van der Waals surface area contributed by atoms with Gasteiger partial charge in [-0.05, 0) is 82.2 Å². The maximum Gasteiger partial charge on any atom is 0.164 e. The topological polar surface area (TPSA) is 51.6 Å². The van der Waals surface area contributed by atoms with Crippen LogP contribution in [0.15, 0.2) is 121 Å². The van der Waals surface area contributed by atoms with Gasteiger partial charge in [0, 0.05) is 23.2 Å². The maximum absolute atomic E-state index is 5.35. The lowest BCUT2D eigenvalue weighted by molar-refractivity contribution is 0.266. The molecule has 0 radical (unpaired) electrons. The van der Waals surface area contributed by atoms with Gasteiger partial charge in [0.25, 0.3) is 0 Å². The summed E-state index contributed by atoms with van der Waals surface area (Å²) in [5.41, 5.74) is 12.9. The molecule has 4 aliphatic rings. The van der Waals surface area contributed by atoms with E-state index >= 15 is 0 Å². The normalized spacial score (nSPS) is 21.1. The smallest absolute Gasteiger partial charge is 0.164 e. The van der Waals surface area contributed by atoms with Gasteiger partial charge in [0.2, 0.25) is 0 Å². The molecule has 4 heteroatoms. The third-order valence-corrected chi connectivity index (χ3v) is 11.3. The number of fused-ring (bicyclic) bond motifs is 11. The van der Waals surface area contributed by atoms with Crippen LogP contribution in [0, 0.1) is 5.92 Å². The number of hydrogen-bond acceptors (Lipinski definition) is 4. The molecule has 3 atom stereocenters. The third kappa shape index (κ3) is 3.88. The predicted molar refractivity (Wildman–Crippen MR) is 187 cm³/mol. The van der Waals surface area contributed by atoms with Crippen molar-refractivity contribution in [3.8, 4) is 33.9 Å². The second kappa shape index (κ2) is 10.4. The highest BCUT2D eigenvalue weighted by Crippen LogP contribution is 2.67. The molecule has 6 aromatic rings. The lowest BCUT2D eigenvalue weighted by Crippen LogP contribution is -2.35. The summed E-state index contributed by atoms with van der Waals surface area (Å²) in [7, 11) is 0. The quantitative estimate of drug-likeness (QED) is 0.201. The second-order valence-corrected chi connectivity index (χ2v) is 13.6. The summed E-state index contributed by atoms with van der Waals surface area (Å²) in [5.74, 6) is 3.34. The van der Waals surface area contributed by atoms with Crippen LogP contribution in [0.4, 0.5) is 0 Å². The number of hydrogen-bond donors (Lipinski definition) is 0. The minimum absolute atomic E-state index is 0.0510. The van der Waals surface area contributed by atoms with Crippen molar-refractivity contribution >= 4 is 6.08 Å². The Kier molecular flexibility index (Phi) is 5.96. The van der Waals surface area contributed by atoms with Crippen molar-refractivity contribution in [2.24, 2.45) is 5.92 Å². The first-order valence-corrected chi connectivity index (χ1v) is 17.1. The Morgan fingerprint density at radius 2 is 1.30 bits per heavy atom. The molecule has 1 fully saturated rings. The molecule has 0 amide bonds. The molecule has 2 heterocycles. The van der Waals surface area contributed by atoms with Gasteiger partial charge in [0.15, 0.2) is 11.6 Å². The molecule has 0 bridgehead atoms. The molecule has 2 unspecified atom stereocenters. The highest BCUT2D eigenvalue weighted by atomic mass is 15.0. The minimum atomic E-state index is -0.162. The molecule has 1 saturated carbocycles. The van der Waals surface area contributed by atoms with Gasteiger partial charge in [-0.3, -0.25) is 4.98 Å². The van der Waals surface area contributed by atoms with Gasteiger partial charge in [-0.1, -0.05) is 122 Å². The zero-order valence-corrected chi connectivity index (χ0v) is 26.2. The molecule has 1 spiro atoms. The van der Waals surface area contributed by atoms with Gasteiger partial charge >= 0.3 is 0 Å². The summed E-state index contributed by atoms with van der Waals surface area (Å²) in [6.45, 7) is 0. The minimum Gasteiger partial charge on any atom is -0.257 e. The van der Waals surface area contributed by atoms with Crippen molar-refractivity contribution in [3.63, 3.8) is 0 Å². The van der Waals surface area contributed by atoms with E-state index in [1.807, 2.05) is 18.3 Å². The van der Waals surface area contributed by atoms with E-state index in [0.717, 1.165) is 35.2 Å². The fourth-order valence-corrected chi connectivity index (χ4v) is 9.51. The largest absolute Gasteiger partial charge is 0.257 e. The van der Waals surface area contributed by atoms with E-state index in [9.17, 15) is 0 Å². The lowest BCUT2D eigenvalue weighted by atomic mass is 9.63. The number of allylic oxidation sites excluding steroid dienone is 1. The molecular formula is C43H34N4. The zero-order chi connectivity index (χ0) is 31.0. The van der Waals surface area contributed by atoms with Crippen LogP contribution in [0.25, 0.3) is 40.0 Å². The standard InChI is InChI=1S/C43H34N4/c1-2-12-27(13-3-1)40-45-41(29-23-24-38-28(26-29)14-11-25-44-38)47-42(46-40)33-18-10-22-37-39(33)32-17-6-9-21-36(32)43(37)34-19-7-4-15-30(34)31-16-5-8-20-35(31)43/h1-5,7-8,10-16,18-20,22-25,29,32,36H,6,9,17,21,26H2/t29?,32-,36?/m0/s1. The van der Waals surface area contributed by atoms with Gasteiger partial charge in [0.05, 0.1) is 11.1 Å². The predicted octanol–water partition coefficient (Wildman–Crippen LogP) is 9.56. The molecule has 0 N–H and O–H groups in total. The Morgan fingerprint density at radius 3 is 2.13 bits per heavy atom. The highest BCUT2D eigenvalue weighted by Gasteiger charge is 2.58. The van der Waals surface area contributed by atoms with Crippen LogP contribution in [0.3, 0.4) is 0 Å². The third-order valence-electron chi connectivity index (χ3n) is 11.3. The average molecular weight is 607 g/mol. The molecule has 10 rings (SSSR count). The van der Waals surface area contributed by atoms with Crippen molar-refractivity contribution in [3.05, 3.63) is 161 Å². The van der Waals surface area contributed by atoms with Gasteiger partial charge < -0.3 is 0 Å². The fraction of sp³-hybridized carbons (Fsp3) is 0.209. The Morgan fingerprint density at radius 1 is 0.596 bits per heavy atom. The first-order chi connectivity index (χ1) is 23.3. The van der Waals surface area contributed by atoms with Crippen LogP contribution in [0.2, 0.25) is 0 Å². The van der Waals surface area contributed by atoms with Crippen molar-refractivity contribution in [1.82, 2.24) is 19.9 Å². The van der Waals surface area contributed by atoms with Crippen LogP contribution in [0.1, 0.15) is 76.9 Å². The molecule has 4 aromatic carbocycles. The summed E-state index contributed by atoms with van der Waals surface area (Å²) in [6.07, 6.45) is 12.0. The van der Waals surface area contributed by atoms with E-state index in [0.29, 0.717) is 11.8 Å². The highest BCUT2D eigenvalue weighted by molar-refractivity contribution is 5.86. The van der Waals surface area contributed by atoms with Gasteiger partial charge in [-0.15, -0.1) is 0 Å². The summed E-state index contributed by atoms with van der Waals surface area (Å²) in [4.78, 5) is 20.3. The Bertz CT molecular complexity index is 2170. The van der Waals surface area contributed by atoms with Crippen LogP contribution in [-0.2, 0) is 11.8 Å². The van der Waals surface area contributed by atoms with Crippen LogP contribution < -0.4 is 0 Å². The summed E-state index contributed by atoms with van der Waals surface area (Å²) >= 11 is 0. The molecular weight excluding hydrogens is 573 g/mol. The molecule has 4 nitrogen and oxygen atoms in total. The average Bonchev–Trinajstić information content (AvgIpc) is 3.62. The van der Waals surface area contributed by atoms with Gasteiger partial charge in [-0.2, -0.15) is 0 Å². The number of rotatable bonds is 3. The Balaban J connectivity index is 1.21. The van der Waals surface area contributed by atoms with Crippen LogP contribution in [0.5, 0.6) is 0 Å². The van der Waals surface area contributed by atoms with Crippen LogP contribution in [-0.4, -0.2) is 19.9 Å². The monoisotopic (exact) mass is 606 g/mol. The first-order valence-electron chi connectivity index (χ1n) is 17.1. The van der Waals surface area contributed by atoms with Gasteiger partial charge in [-0.25, -0.2) is 15.0 Å². The van der Waals surface area contributed by atoms with Crippen molar-refractivity contribution < 1.29 is 0 Å². The molecule has 2 aromatic heterocycles. The molecule has 226 valence electrons. The first kappa shape index (κ1) is 26.9. The maximum atomic E-state index is 5.35. The Labute approximate surface area is 275 Å². The van der Waals surface area contributed by atoms with E-state index in [2.05, 4.69) is 114 Å². The van der Waals surface area contributed by atoms with Crippen molar-refractivity contribution in [2.75, 3.05) is 0 Å². The number of benzene rings is 4. The van der Waals surface area contributed by atoms with Gasteiger partial charge in [0.1, 0.15) is 5.82 Å². The van der Waals surface area contributed by atoms with Crippen molar-refractivity contribution in [2.45, 2.75) is 49.4 Å². The van der Waals surface area contributed by atoms with E-state index in [1.165, 1.54) is 70.2 Å². The Hall–Kier alpha value is -5.22. The summed E-state index contributed by atoms with van der Waals surface area (Å²) in [5, 5.41) is 0.